The number of rotatable bonds is 0. The van der Waals surface area contributed by atoms with Crippen LogP contribution in [0.3, 0.4) is 0 Å². The van der Waals surface area contributed by atoms with E-state index in [9.17, 15) is 4.79 Å². The Morgan fingerprint density at radius 2 is 2.18 bits per heavy atom. The molecule has 0 radical (unpaired) electrons. The van der Waals surface area contributed by atoms with Crippen molar-refractivity contribution in [1.82, 2.24) is 12.2 Å². The summed E-state index contributed by atoms with van der Waals surface area (Å²) in [6.45, 7) is 0. The molecule has 0 atom stereocenters. The largest absolute Gasteiger partial charge is 0.284 e. The van der Waals surface area contributed by atoms with Gasteiger partial charge in [-0.1, -0.05) is 0 Å². The predicted molar refractivity (Wildman–Crippen MR) is 71.1 cm³/mol. The van der Waals surface area contributed by atoms with Crippen LogP contribution in [-0.2, 0) is 0 Å². The zero-order valence-electron chi connectivity index (χ0n) is 8.46. The van der Waals surface area contributed by atoms with Crippen molar-refractivity contribution in [1.29, 1.82) is 5.26 Å². The van der Waals surface area contributed by atoms with Crippen LogP contribution in [0.4, 0.5) is 0 Å². The Balaban J connectivity index is 2.56. The van der Waals surface area contributed by atoms with Crippen LogP contribution in [0.2, 0.25) is 0 Å². The molecule has 0 bridgehead atoms. The van der Waals surface area contributed by atoms with Crippen LogP contribution < -0.4 is 5.56 Å². The van der Waals surface area contributed by atoms with Crippen molar-refractivity contribution in [2.75, 3.05) is 0 Å². The quantitative estimate of drug-likeness (QED) is 0.587. The predicted octanol–water partition coefficient (Wildman–Crippen LogP) is 1.72. The van der Waals surface area contributed by atoms with Crippen molar-refractivity contribution in [2.45, 2.75) is 0 Å². The number of aromatic nitrogens is 3. The Morgan fingerprint density at radius 1 is 1.35 bits per heavy atom. The molecule has 3 rings (SSSR count). The third kappa shape index (κ3) is 1.43. The molecule has 5 nitrogen and oxygen atoms in total. The van der Waals surface area contributed by atoms with Crippen LogP contribution in [0.5, 0.6) is 0 Å². The van der Waals surface area contributed by atoms with Gasteiger partial charge in [0, 0.05) is 12.3 Å². The molecule has 3 aromatic rings. The van der Waals surface area contributed by atoms with E-state index in [1.165, 1.54) is 8.85 Å². The highest BCUT2D eigenvalue weighted by atomic mass is 127. The normalized spacial score (nSPS) is 10.8. The molecule has 2 heterocycles. The molecule has 0 saturated carbocycles. The number of nitrogens with zero attached hydrogens (tertiary/aromatic N) is 4. The summed E-state index contributed by atoms with van der Waals surface area (Å²) < 4.78 is 3.24. The molecule has 6 heteroatoms. The molecule has 0 N–H and O–H groups in total. The molecule has 17 heavy (non-hydrogen) atoms. The maximum absolute atomic E-state index is 11.5. The van der Waals surface area contributed by atoms with E-state index in [4.69, 9.17) is 5.26 Å². The van der Waals surface area contributed by atoms with E-state index in [1.807, 2.05) is 22.9 Å². The fourth-order valence-corrected chi connectivity index (χ4v) is 2.24. The Bertz CT molecular complexity index is 840. The minimum absolute atomic E-state index is 0.117. The Labute approximate surface area is 109 Å². The number of hydrogen-bond donors (Lipinski definition) is 0. The highest BCUT2D eigenvalue weighted by Gasteiger charge is 2.08. The lowest BCUT2D eigenvalue weighted by atomic mass is 10.2. The molecule has 0 unspecified atom stereocenters. The number of nitriles is 1. The van der Waals surface area contributed by atoms with E-state index in [2.05, 4.69) is 11.1 Å². The third-order valence-corrected chi connectivity index (χ3v) is 3.44. The zero-order chi connectivity index (χ0) is 12.0. The first-order chi connectivity index (χ1) is 8.20. The molecule has 0 aliphatic rings. The maximum Gasteiger partial charge on any atom is 0.263 e. The molecule has 0 fully saturated rings. The number of halogens is 1. The van der Waals surface area contributed by atoms with Crippen LogP contribution in [0.15, 0.2) is 35.3 Å². The number of hydrogen-bond acceptors (Lipinski definition) is 3. The van der Waals surface area contributed by atoms with Gasteiger partial charge in [0.2, 0.25) is 5.78 Å². The first-order valence-corrected chi connectivity index (χ1v) is 5.77. The van der Waals surface area contributed by atoms with Crippen molar-refractivity contribution in [3.05, 3.63) is 46.4 Å². The maximum atomic E-state index is 11.5. The summed E-state index contributed by atoms with van der Waals surface area (Å²) in [4.78, 5) is 15.8. The zero-order valence-corrected chi connectivity index (χ0v) is 10.6. The van der Waals surface area contributed by atoms with Gasteiger partial charge in [-0.15, -0.1) is 0 Å². The Hall–Kier alpha value is -1.88. The van der Waals surface area contributed by atoms with Gasteiger partial charge in [-0.3, -0.25) is 9.20 Å². The van der Waals surface area contributed by atoms with E-state index in [0.717, 1.165) is 11.0 Å². The highest BCUT2D eigenvalue weighted by Crippen LogP contribution is 2.17. The first kappa shape index (κ1) is 10.3. The SMILES string of the molecule is N#Cc1ccc2nc3n(I)c(=O)ccn3c2c1. The molecule has 2 aromatic heterocycles. The summed E-state index contributed by atoms with van der Waals surface area (Å²) in [5.74, 6) is 0.559. The van der Waals surface area contributed by atoms with Gasteiger partial charge in [0.25, 0.3) is 5.56 Å². The van der Waals surface area contributed by atoms with Gasteiger partial charge < -0.3 is 0 Å². The summed E-state index contributed by atoms with van der Waals surface area (Å²) >= 11 is 1.91. The summed E-state index contributed by atoms with van der Waals surface area (Å²) in [6.07, 6.45) is 1.67. The van der Waals surface area contributed by atoms with E-state index < -0.39 is 0 Å². The fourth-order valence-electron chi connectivity index (χ4n) is 1.74. The fraction of sp³-hybridized carbons (Fsp3) is 0. The first-order valence-electron chi connectivity index (χ1n) is 4.81. The molecular weight excluding hydrogens is 331 g/mol. The van der Waals surface area contributed by atoms with E-state index in [-0.39, 0.29) is 5.56 Å². The van der Waals surface area contributed by atoms with Crippen molar-refractivity contribution >= 4 is 39.7 Å². The molecule has 1 aromatic carbocycles. The third-order valence-electron chi connectivity index (χ3n) is 2.54. The van der Waals surface area contributed by atoms with Crippen LogP contribution in [0.25, 0.3) is 16.8 Å². The Kier molecular flexibility index (Phi) is 2.16. The lowest BCUT2D eigenvalue weighted by Crippen LogP contribution is -2.12. The second-order valence-corrected chi connectivity index (χ2v) is 4.50. The van der Waals surface area contributed by atoms with Crippen molar-refractivity contribution in [3.8, 4) is 6.07 Å². The molecule has 0 aliphatic heterocycles. The summed E-state index contributed by atoms with van der Waals surface area (Å²) in [5.41, 5.74) is 2.05. The number of benzene rings is 1. The smallest absolute Gasteiger partial charge is 0.263 e. The topological polar surface area (TPSA) is 63.1 Å². The lowest BCUT2D eigenvalue weighted by Gasteiger charge is -1.97. The summed E-state index contributed by atoms with van der Waals surface area (Å²) in [7, 11) is 0. The number of fused-ring (bicyclic) bond motifs is 3. The van der Waals surface area contributed by atoms with Crippen molar-refractivity contribution in [3.63, 3.8) is 0 Å². The standard InChI is InChI=1S/C11H5IN4O/c12-16-10(17)3-4-15-9-5-7(6-13)1-2-8(9)14-11(15)16/h1-5H. The Morgan fingerprint density at radius 3 is 2.94 bits per heavy atom. The number of imidazole rings is 1. The van der Waals surface area contributed by atoms with Gasteiger partial charge in [0.15, 0.2) is 0 Å². The molecular formula is C11H5IN4O. The van der Waals surface area contributed by atoms with Gasteiger partial charge in [0.1, 0.15) is 0 Å². The van der Waals surface area contributed by atoms with Gasteiger partial charge in [-0.25, -0.2) is 7.76 Å². The lowest BCUT2D eigenvalue weighted by molar-refractivity contribution is 1.08. The average molecular weight is 336 g/mol. The van der Waals surface area contributed by atoms with Gasteiger partial charge >= 0.3 is 0 Å². The van der Waals surface area contributed by atoms with E-state index in [0.29, 0.717) is 11.3 Å². The van der Waals surface area contributed by atoms with Crippen LogP contribution in [0.1, 0.15) is 5.56 Å². The molecule has 0 aliphatic carbocycles. The minimum Gasteiger partial charge on any atom is -0.284 e. The van der Waals surface area contributed by atoms with Crippen LogP contribution in [-0.4, -0.2) is 12.2 Å². The highest BCUT2D eigenvalue weighted by molar-refractivity contribution is 14.1. The molecule has 0 amide bonds. The average Bonchev–Trinajstić information content (AvgIpc) is 2.72. The van der Waals surface area contributed by atoms with Gasteiger partial charge in [-0.2, -0.15) is 5.26 Å². The second-order valence-electron chi connectivity index (χ2n) is 3.53. The molecule has 0 saturated heterocycles. The molecule has 0 spiro atoms. The van der Waals surface area contributed by atoms with Crippen molar-refractivity contribution < 1.29 is 0 Å². The van der Waals surface area contributed by atoms with Gasteiger partial charge in [0.05, 0.1) is 45.5 Å². The minimum atomic E-state index is -0.117. The van der Waals surface area contributed by atoms with Gasteiger partial charge in [-0.05, 0) is 18.2 Å². The van der Waals surface area contributed by atoms with Crippen LogP contribution in [0, 0.1) is 11.3 Å². The second kappa shape index (κ2) is 3.56. The monoisotopic (exact) mass is 336 g/mol. The summed E-state index contributed by atoms with van der Waals surface area (Å²) in [5, 5.41) is 8.87. The van der Waals surface area contributed by atoms with Crippen LogP contribution >= 0.6 is 22.9 Å². The molecule has 82 valence electrons. The van der Waals surface area contributed by atoms with Crippen molar-refractivity contribution in [2.24, 2.45) is 0 Å². The van der Waals surface area contributed by atoms with E-state index >= 15 is 0 Å². The summed E-state index contributed by atoms with van der Waals surface area (Å²) in [6, 6.07) is 8.81. The van der Waals surface area contributed by atoms with E-state index in [1.54, 1.807) is 28.8 Å².